The van der Waals surface area contributed by atoms with Crippen LogP contribution < -0.4 is 14.8 Å². The smallest absolute Gasteiger partial charge is 0.261 e. The van der Waals surface area contributed by atoms with E-state index in [9.17, 15) is 21.6 Å². The van der Waals surface area contributed by atoms with Gasteiger partial charge in [-0.3, -0.25) is 9.52 Å². The molecule has 3 aromatic rings. The molecule has 0 spiro atoms. The van der Waals surface area contributed by atoms with E-state index in [0.717, 1.165) is 0 Å². The summed E-state index contributed by atoms with van der Waals surface area (Å²) < 4.78 is 65.9. The van der Waals surface area contributed by atoms with Gasteiger partial charge in [-0.2, -0.15) is 4.31 Å². The summed E-state index contributed by atoms with van der Waals surface area (Å²) in [4.78, 5) is 13.0. The number of morpholine rings is 1. The van der Waals surface area contributed by atoms with Gasteiger partial charge in [0.25, 0.3) is 15.9 Å². The quantitative estimate of drug-likeness (QED) is 0.428. The summed E-state index contributed by atoms with van der Waals surface area (Å²) in [6.45, 7) is 0.953. The van der Waals surface area contributed by atoms with Gasteiger partial charge in [-0.25, -0.2) is 16.8 Å². The van der Waals surface area contributed by atoms with E-state index in [2.05, 4.69) is 10.0 Å². The number of halogens is 1. The number of benzene rings is 3. The molecule has 196 valence electrons. The molecule has 0 aliphatic carbocycles. The van der Waals surface area contributed by atoms with Crippen LogP contribution in [0, 0.1) is 0 Å². The molecule has 0 radical (unpaired) electrons. The second kappa shape index (κ2) is 11.1. The average molecular weight is 566 g/mol. The van der Waals surface area contributed by atoms with Gasteiger partial charge in [0.15, 0.2) is 0 Å². The SMILES string of the molecule is COc1ccc(NC(=O)c2cc(NS(=O)(=O)c3ccccc3)ccc2Cl)cc1S(=O)(=O)N1CCOCC1. The summed E-state index contributed by atoms with van der Waals surface area (Å²) in [6, 6.07) is 16.1. The first-order valence-corrected chi connectivity index (χ1v) is 14.4. The summed E-state index contributed by atoms with van der Waals surface area (Å²) in [5.74, 6) is -0.537. The number of rotatable bonds is 8. The third-order valence-electron chi connectivity index (χ3n) is 5.53. The van der Waals surface area contributed by atoms with E-state index < -0.39 is 26.0 Å². The van der Waals surface area contributed by atoms with Crippen LogP contribution in [0.4, 0.5) is 11.4 Å². The number of hydrogen-bond acceptors (Lipinski definition) is 7. The molecular formula is C24H24ClN3O7S2. The van der Waals surface area contributed by atoms with E-state index in [1.165, 1.54) is 59.9 Å². The minimum atomic E-state index is -3.92. The van der Waals surface area contributed by atoms with Gasteiger partial charge in [0.1, 0.15) is 10.6 Å². The number of nitrogens with zero attached hydrogens (tertiary/aromatic N) is 1. The molecule has 1 aliphatic rings. The summed E-state index contributed by atoms with van der Waals surface area (Å²) in [5, 5.41) is 2.70. The third-order valence-corrected chi connectivity index (χ3v) is 9.17. The fraction of sp³-hybridized carbons (Fsp3) is 0.208. The van der Waals surface area contributed by atoms with E-state index in [1.54, 1.807) is 18.2 Å². The maximum atomic E-state index is 13.2. The lowest BCUT2D eigenvalue weighted by atomic mass is 10.2. The van der Waals surface area contributed by atoms with Crippen LogP contribution in [0.25, 0.3) is 0 Å². The second-order valence-corrected chi connectivity index (χ2v) is 11.9. The molecule has 0 aromatic heterocycles. The van der Waals surface area contributed by atoms with E-state index in [1.807, 2.05) is 0 Å². The zero-order chi connectivity index (χ0) is 26.6. The van der Waals surface area contributed by atoms with Crippen LogP contribution in [0.3, 0.4) is 0 Å². The number of hydrogen-bond donors (Lipinski definition) is 2. The molecule has 4 rings (SSSR count). The molecule has 0 atom stereocenters. The van der Waals surface area contributed by atoms with Crippen molar-refractivity contribution in [2.24, 2.45) is 0 Å². The summed E-state index contributed by atoms with van der Waals surface area (Å²) in [5.41, 5.74) is 0.302. The van der Waals surface area contributed by atoms with E-state index >= 15 is 0 Å². The Hall–Kier alpha value is -3.16. The van der Waals surface area contributed by atoms with E-state index in [0.29, 0.717) is 0 Å². The monoisotopic (exact) mass is 565 g/mol. The Balaban J connectivity index is 1.59. The number of sulfonamides is 2. The first-order chi connectivity index (χ1) is 17.6. The number of ether oxygens (including phenoxy) is 2. The highest BCUT2D eigenvalue weighted by Gasteiger charge is 2.30. The van der Waals surface area contributed by atoms with Crippen LogP contribution >= 0.6 is 11.6 Å². The van der Waals surface area contributed by atoms with Crippen molar-refractivity contribution in [1.82, 2.24) is 4.31 Å². The van der Waals surface area contributed by atoms with Crippen LogP contribution in [0.15, 0.2) is 76.5 Å². The number of carbonyl (C=O) groups excluding carboxylic acids is 1. The minimum Gasteiger partial charge on any atom is -0.495 e. The highest BCUT2D eigenvalue weighted by Crippen LogP contribution is 2.31. The lowest BCUT2D eigenvalue weighted by Gasteiger charge is -2.26. The number of carbonyl (C=O) groups is 1. The Kier molecular flexibility index (Phi) is 8.05. The Morgan fingerprint density at radius 3 is 2.30 bits per heavy atom. The van der Waals surface area contributed by atoms with Crippen molar-refractivity contribution in [2.75, 3.05) is 43.5 Å². The summed E-state index contributed by atoms with van der Waals surface area (Å²) in [6.07, 6.45) is 0. The van der Waals surface area contributed by atoms with Gasteiger partial charge in [-0.15, -0.1) is 0 Å². The lowest BCUT2D eigenvalue weighted by Crippen LogP contribution is -2.40. The Bertz CT molecular complexity index is 1510. The van der Waals surface area contributed by atoms with Crippen molar-refractivity contribution in [2.45, 2.75) is 9.79 Å². The van der Waals surface area contributed by atoms with Gasteiger partial charge in [-0.1, -0.05) is 29.8 Å². The van der Waals surface area contributed by atoms with Crippen molar-refractivity contribution in [3.05, 3.63) is 77.3 Å². The summed E-state index contributed by atoms with van der Waals surface area (Å²) >= 11 is 6.23. The minimum absolute atomic E-state index is 0.0108. The van der Waals surface area contributed by atoms with Crippen molar-refractivity contribution in [3.8, 4) is 5.75 Å². The molecule has 1 fully saturated rings. The predicted molar refractivity (Wildman–Crippen MR) is 139 cm³/mol. The third kappa shape index (κ3) is 6.05. The highest BCUT2D eigenvalue weighted by atomic mass is 35.5. The first-order valence-electron chi connectivity index (χ1n) is 11.1. The Morgan fingerprint density at radius 1 is 0.946 bits per heavy atom. The van der Waals surface area contributed by atoms with Crippen LogP contribution in [-0.4, -0.2) is 60.5 Å². The predicted octanol–water partition coefficient (Wildman–Crippen LogP) is 3.42. The molecule has 1 amide bonds. The average Bonchev–Trinajstić information content (AvgIpc) is 2.90. The van der Waals surface area contributed by atoms with Crippen LogP contribution in [0.2, 0.25) is 5.02 Å². The second-order valence-electron chi connectivity index (χ2n) is 7.95. The number of amides is 1. The van der Waals surface area contributed by atoms with Gasteiger partial charge >= 0.3 is 0 Å². The number of methoxy groups -OCH3 is 1. The zero-order valence-corrected chi connectivity index (χ0v) is 22.1. The van der Waals surface area contributed by atoms with Gasteiger partial charge in [0, 0.05) is 24.5 Å². The normalized spacial score (nSPS) is 14.6. The van der Waals surface area contributed by atoms with Crippen molar-refractivity contribution in [1.29, 1.82) is 0 Å². The zero-order valence-electron chi connectivity index (χ0n) is 19.7. The molecular weight excluding hydrogens is 542 g/mol. The fourth-order valence-corrected chi connectivity index (χ4v) is 6.52. The number of anilines is 2. The van der Waals surface area contributed by atoms with Gasteiger partial charge < -0.3 is 14.8 Å². The highest BCUT2D eigenvalue weighted by molar-refractivity contribution is 7.92. The molecule has 37 heavy (non-hydrogen) atoms. The molecule has 3 aromatic carbocycles. The number of nitrogens with one attached hydrogen (secondary N) is 2. The van der Waals surface area contributed by atoms with Crippen molar-refractivity contribution in [3.63, 3.8) is 0 Å². The molecule has 0 bridgehead atoms. The Morgan fingerprint density at radius 2 is 1.62 bits per heavy atom. The summed E-state index contributed by atoms with van der Waals surface area (Å²) in [7, 11) is -6.45. The maximum absolute atomic E-state index is 13.2. The fourth-order valence-electron chi connectivity index (χ4n) is 3.66. The lowest BCUT2D eigenvalue weighted by molar-refractivity contribution is 0.0729. The molecule has 2 N–H and O–H groups in total. The maximum Gasteiger partial charge on any atom is 0.261 e. The van der Waals surface area contributed by atoms with Gasteiger partial charge in [0.05, 0.1) is 35.8 Å². The van der Waals surface area contributed by atoms with Gasteiger partial charge in [-0.05, 0) is 48.5 Å². The topological polar surface area (TPSA) is 131 Å². The largest absolute Gasteiger partial charge is 0.495 e. The van der Waals surface area contributed by atoms with Crippen LogP contribution in [-0.2, 0) is 24.8 Å². The van der Waals surface area contributed by atoms with E-state index in [-0.39, 0.29) is 63.8 Å². The molecule has 1 aliphatic heterocycles. The molecule has 0 saturated carbocycles. The molecule has 13 heteroatoms. The van der Waals surface area contributed by atoms with Gasteiger partial charge in [0.2, 0.25) is 10.0 Å². The standard InChI is InChI=1S/C24H24ClN3O7S2/c1-34-22-10-8-17(16-23(22)37(32,33)28-11-13-35-14-12-28)26-24(29)20-15-18(7-9-21(20)25)27-36(30,31)19-5-3-2-4-6-19/h2-10,15-16,27H,11-14H2,1H3,(H,26,29). The molecule has 1 heterocycles. The molecule has 0 unspecified atom stereocenters. The molecule has 1 saturated heterocycles. The molecule has 10 nitrogen and oxygen atoms in total. The van der Waals surface area contributed by atoms with E-state index in [4.69, 9.17) is 21.1 Å². The first kappa shape index (κ1) is 26.9. The van der Waals surface area contributed by atoms with Crippen LogP contribution in [0.5, 0.6) is 5.75 Å². The van der Waals surface area contributed by atoms with Crippen molar-refractivity contribution >= 4 is 48.9 Å². The Labute approximate surface area is 220 Å². The van der Waals surface area contributed by atoms with Crippen LogP contribution in [0.1, 0.15) is 10.4 Å². The van der Waals surface area contributed by atoms with Crippen molar-refractivity contribution < 1.29 is 31.1 Å².